The fraction of sp³-hybridized carbons (Fsp3) is 0.609. The van der Waals surface area contributed by atoms with Crippen LogP contribution in [-0.2, 0) is 51.2 Å². The molecule has 1 aromatic carbocycles. The van der Waals surface area contributed by atoms with E-state index in [0.29, 0.717) is 43.4 Å². The van der Waals surface area contributed by atoms with Crippen molar-refractivity contribution in [3.05, 3.63) is 48.0 Å². The quantitative estimate of drug-likeness (QED) is 0.0300. The second-order valence-corrected chi connectivity index (χ2v) is 18.2. The summed E-state index contributed by atoms with van der Waals surface area (Å²) >= 11 is 0. The zero-order valence-corrected chi connectivity index (χ0v) is 40.1. The highest BCUT2D eigenvalue weighted by Gasteiger charge is 2.47. The van der Waals surface area contributed by atoms with E-state index in [-0.39, 0.29) is 75.8 Å². The number of likely N-dealkylation sites (tertiary alicyclic amines) is 1. The van der Waals surface area contributed by atoms with Crippen LogP contribution >= 0.6 is 0 Å². The number of nitrogens with two attached hydrogens (primary N) is 2. The number of imidazole rings is 1. The topological polar surface area (TPSA) is 358 Å². The Balaban J connectivity index is 1.59. The van der Waals surface area contributed by atoms with Crippen LogP contribution in [0.25, 0.3) is 0 Å². The van der Waals surface area contributed by atoms with Crippen LogP contribution in [0.5, 0.6) is 5.75 Å². The molecule has 7 amide bonds. The number of guanidine groups is 1. The first-order valence-corrected chi connectivity index (χ1v) is 23.6. The summed E-state index contributed by atoms with van der Waals surface area (Å²) in [4.78, 5) is 122. The number of carbonyl (C=O) groups excluding carboxylic acids is 7. The van der Waals surface area contributed by atoms with E-state index in [9.17, 15) is 48.6 Å². The van der Waals surface area contributed by atoms with E-state index in [4.69, 9.17) is 11.5 Å². The van der Waals surface area contributed by atoms with E-state index < -0.39 is 95.0 Å². The zero-order valence-electron chi connectivity index (χ0n) is 40.1. The van der Waals surface area contributed by atoms with Crippen molar-refractivity contribution in [2.24, 2.45) is 28.3 Å². The van der Waals surface area contributed by atoms with Gasteiger partial charge in [-0.05, 0) is 75.1 Å². The lowest BCUT2D eigenvalue weighted by Gasteiger charge is -2.35. The predicted molar refractivity (Wildman–Crippen MR) is 254 cm³/mol. The maximum Gasteiger partial charge on any atom is 0.326 e. The number of phenols is 1. The van der Waals surface area contributed by atoms with E-state index >= 15 is 0 Å². The van der Waals surface area contributed by atoms with Crippen molar-refractivity contribution < 1.29 is 48.6 Å². The molecule has 2 fully saturated rings. The number of nitrogens with one attached hydrogen (secondary N) is 8. The minimum Gasteiger partial charge on any atom is -0.508 e. The van der Waals surface area contributed by atoms with Crippen molar-refractivity contribution in [2.75, 3.05) is 26.7 Å². The molecule has 0 unspecified atom stereocenters. The van der Waals surface area contributed by atoms with Crippen LogP contribution < -0.4 is 48.7 Å². The van der Waals surface area contributed by atoms with Gasteiger partial charge < -0.3 is 68.8 Å². The van der Waals surface area contributed by atoms with Gasteiger partial charge in [-0.3, -0.25) is 38.6 Å². The molecule has 7 atom stereocenters. The molecule has 1 saturated heterocycles. The lowest BCUT2D eigenvalue weighted by molar-refractivity contribution is -0.146. The maximum absolute atomic E-state index is 14.7. The number of carboxylic acids is 1. The summed E-state index contributed by atoms with van der Waals surface area (Å²) in [5.41, 5.74) is 10.4. The number of hydrogen-bond donors (Lipinski definition) is 12. The van der Waals surface area contributed by atoms with Gasteiger partial charge >= 0.3 is 5.97 Å². The Kier molecular flexibility index (Phi) is 20.7. The van der Waals surface area contributed by atoms with Crippen molar-refractivity contribution >= 4 is 53.3 Å². The molecule has 2 aromatic rings. The summed E-state index contributed by atoms with van der Waals surface area (Å²) in [6.07, 6.45) is 5.89. The number of aliphatic carboxylic acids is 1. The number of amides is 7. The number of aliphatic imine (C=N–C) groups is 1. The lowest BCUT2D eigenvalue weighted by atomic mass is 9.93. The highest BCUT2D eigenvalue weighted by Crippen LogP contribution is 2.31. The molecule has 2 aliphatic rings. The second kappa shape index (κ2) is 26.1. The highest BCUT2D eigenvalue weighted by molar-refractivity contribution is 5.99. The third kappa shape index (κ3) is 15.9. The standard InChI is InChI=1S/C46H71N13O10/c1-6-27(4)37(43(67)68)57-40(64)34-12-10-20-59(34)42(66)33(22-29-23-50-25-52-29)55-44(69)46(17-7-8-18-46)58-39(63)32(21-28-13-15-30(60)16-14-28)54-41(65)36(26(2)3)56-38(62)31(53-35(61)24-49-5)11-9-19-51-45(47)48/h13-16,23,25-27,31-34,36-37,49,60H,6-12,17-22,24H2,1-5H3,(H,50,52)(H,53,61)(H,54,65)(H,55,69)(H,56,62)(H,57,64)(H,58,63)(H,67,68)(H4,47,48,51)/t27-,31-,32-,33-,34-,36-,37-/m0/s1. The second-order valence-electron chi connectivity index (χ2n) is 18.2. The largest absolute Gasteiger partial charge is 0.508 e. The van der Waals surface area contributed by atoms with Crippen LogP contribution in [0, 0.1) is 11.8 Å². The Bertz CT molecular complexity index is 2110. The molecule has 1 aliphatic heterocycles. The van der Waals surface area contributed by atoms with Gasteiger partial charge in [0.25, 0.3) is 0 Å². The molecule has 0 radical (unpaired) electrons. The fourth-order valence-electron chi connectivity index (χ4n) is 8.56. The first-order chi connectivity index (χ1) is 32.8. The number of carboxylic acid groups (broad SMARTS) is 1. The SMILES string of the molecule is CC[C@H](C)[C@H](NC(=O)[C@@H]1CCCN1C(=O)[C@H](Cc1cnc[nH]1)NC(=O)C1(NC(=O)[C@H](Cc2ccc(O)cc2)NC(=O)[C@@H](NC(=O)[C@H](CCCN=C(N)N)NC(=O)CNC)C(C)C)CCCC1)C(=O)O. The number of rotatable bonds is 26. The number of aromatic hydroxyl groups is 1. The first kappa shape index (κ1) is 54.8. The Morgan fingerprint density at radius 3 is 2.16 bits per heavy atom. The normalized spacial score (nSPS) is 17.8. The summed E-state index contributed by atoms with van der Waals surface area (Å²) < 4.78 is 0. The third-order valence-electron chi connectivity index (χ3n) is 12.6. The Hall–Kier alpha value is -6.78. The molecule has 2 heterocycles. The maximum atomic E-state index is 14.7. The zero-order chi connectivity index (χ0) is 50.8. The van der Waals surface area contributed by atoms with E-state index in [1.54, 1.807) is 40.0 Å². The molecule has 23 heteroatoms. The summed E-state index contributed by atoms with van der Waals surface area (Å²) in [7, 11) is 1.57. The number of aromatic nitrogens is 2. The predicted octanol–water partition coefficient (Wildman–Crippen LogP) is -1.20. The summed E-state index contributed by atoms with van der Waals surface area (Å²) in [5.74, 6) is -6.69. The van der Waals surface area contributed by atoms with Crippen molar-refractivity contribution in [1.29, 1.82) is 0 Å². The molecule has 380 valence electrons. The highest BCUT2D eigenvalue weighted by atomic mass is 16.4. The van der Waals surface area contributed by atoms with Gasteiger partial charge in [0, 0.05) is 37.8 Å². The number of nitrogens with zero attached hydrogens (tertiary/aromatic N) is 3. The Labute approximate surface area is 401 Å². The smallest absolute Gasteiger partial charge is 0.326 e. The van der Waals surface area contributed by atoms with Crippen molar-refractivity contribution in [3.63, 3.8) is 0 Å². The molecular formula is C46H71N13O10. The first-order valence-electron chi connectivity index (χ1n) is 23.6. The number of phenolic OH excluding ortho intramolecular Hbond substituents is 1. The van der Waals surface area contributed by atoms with E-state index in [1.165, 1.54) is 29.6 Å². The average Bonchev–Trinajstić information content (AvgIpc) is 4.12. The number of carbonyl (C=O) groups is 8. The van der Waals surface area contributed by atoms with E-state index in [2.05, 4.69) is 52.2 Å². The molecule has 1 aromatic heterocycles. The van der Waals surface area contributed by atoms with Gasteiger partial charge in [-0.25, -0.2) is 9.78 Å². The number of H-pyrrole nitrogens is 1. The average molecular weight is 966 g/mol. The minimum absolute atomic E-state index is 0.0294. The summed E-state index contributed by atoms with van der Waals surface area (Å²) in [5, 5.41) is 39.2. The number of aromatic amines is 1. The molecule has 1 saturated carbocycles. The van der Waals surface area contributed by atoms with Crippen LogP contribution in [0.2, 0.25) is 0 Å². The van der Waals surface area contributed by atoms with Crippen LogP contribution in [-0.4, -0.2) is 147 Å². The number of hydrogen-bond acceptors (Lipinski definition) is 12. The fourth-order valence-corrected chi connectivity index (χ4v) is 8.56. The summed E-state index contributed by atoms with van der Waals surface area (Å²) in [6, 6.07) is -1.00. The molecule has 4 rings (SSSR count). The Morgan fingerprint density at radius 1 is 0.870 bits per heavy atom. The van der Waals surface area contributed by atoms with Gasteiger partial charge in [0.15, 0.2) is 5.96 Å². The van der Waals surface area contributed by atoms with Gasteiger partial charge in [0.05, 0.1) is 12.9 Å². The molecule has 1 aliphatic carbocycles. The minimum atomic E-state index is -1.54. The Morgan fingerprint density at radius 2 is 1.57 bits per heavy atom. The van der Waals surface area contributed by atoms with Gasteiger partial charge in [-0.2, -0.15) is 0 Å². The number of benzene rings is 1. The van der Waals surface area contributed by atoms with Crippen molar-refractivity contribution in [1.82, 2.24) is 52.1 Å². The molecule has 14 N–H and O–H groups in total. The monoisotopic (exact) mass is 966 g/mol. The van der Waals surface area contributed by atoms with Crippen molar-refractivity contribution in [2.45, 2.75) is 140 Å². The van der Waals surface area contributed by atoms with Gasteiger partial charge in [0.1, 0.15) is 47.5 Å². The number of likely N-dealkylation sites (N-methyl/N-ethyl adjacent to an activating group) is 1. The van der Waals surface area contributed by atoms with E-state index in [1.807, 2.05) is 6.92 Å². The van der Waals surface area contributed by atoms with Gasteiger partial charge in [-0.15, -0.1) is 0 Å². The van der Waals surface area contributed by atoms with Crippen LogP contribution in [0.4, 0.5) is 0 Å². The van der Waals surface area contributed by atoms with Crippen LogP contribution in [0.15, 0.2) is 41.8 Å². The van der Waals surface area contributed by atoms with E-state index in [0.717, 1.165) is 0 Å². The molecule has 0 bridgehead atoms. The van der Waals surface area contributed by atoms with Gasteiger partial charge in [0.2, 0.25) is 41.4 Å². The van der Waals surface area contributed by atoms with Crippen LogP contribution in [0.1, 0.15) is 96.7 Å². The lowest BCUT2D eigenvalue weighted by Crippen LogP contribution is -2.65. The third-order valence-corrected chi connectivity index (χ3v) is 12.6. The summed E-state index contributed by atoms with van der Waals surface area (Å²) in [6.45, 7) is 7.20. The molecular weight excluding hydrogens is 895 g/mol. The van der Waals surface area contributed by atoms with Crippen LogP contribution in [0.3, 0.4) is 0 Å². The molecule has 69 heavy (non-hydrogen) atoms. The van der Waals surface area contributed by atoms with Gasteiger partial charge in [-0.1, -0.05) is 59.1 Å². The molecule has 0 spiro atoms. The molecule has 23 nitrogen and oxygen atoms in total. The van der Waals surface area contributed by atoms with Crippen molar-refractivity contribution in [3.8, 4) is 5.75 Å².